The van der Waals surface area contributed by atoms with Gasteiger partial charge in [-0.05, 0) is 31.1 Å². The van der Waals surface area contributed by atoms with Crippen LogP contribution in [0.25, 0.3) is 0 Å². The van der Waals surface area contributed by atoms with E-state index in [4.69, 9.17) is 0 Å². The molecule has 1 aromatic heterocycles. The molecule has 4 nitrogen and oxygen atoms in total. The van der Waals surface area contributed by atoms with Gasteiger partial charge in [0.25, 0.3) is 0 Å². The van der Waals surface area contributed by atoms with Crippen LogP contribution >= 0.6 is 11.8 Å². The van der Waals surface area contributed by atoms with Crippen molar-refractivity contribution in [3.63, 3.8) is 0 Å². The molecule has 1 heterocycles. The molecule has 0 radical (unpaired) electrons. The number of hydrogen-bond donors (Lipinski definition) is 1. The van der Waals surface area contributed by atoms with Crippen LogP contribution < -0.4 is 5.32 Å². The first kappa shape index (κ1) is 14.9. The predicted molar refractivity (Wildman–Crippen MR) is 85.3 cm³/mol. The summed E-state index contributed by atoms with van der Waals surface area (Å²) in [7, 11) is 0. The summed E-state index contributed by atoms with van der Waals surface area (Å²) in [6.07, 6.45) is 10.0. The van der Waals surface area contributed by atoms with E-state index in [1.807, 2.05) is 12.4 Å². The Labute approximate surface area is 131 Å². The Balaban J connectivity index is 1.49. The van der Waals surface area contributed by atoms with Gasteiger partial charge in [0, 0.05) is 24.5 Å². The SMILES string of the molecule is C[C@H]1[C@H](C)CCC[C@@H]1NC(=O)CSc1nccn1C1CC1. The van der Waals surface area contributed by atoms with Crippen LogP contribution in [0.15, 0.2) is 17.6 Å². The zero-order chi connectivity index (χ0) is 14.8. The van der Waals surface area contributed by atoms with Gasteiger partial charge in [0.1, 0.15) is 0 Å². The van der Waals surface area contributed by atoms with Gasteiger partial charge in [-0.1, -0.05) is 38.5 Å². The van der Waals surface area contributed by atoms with Crippen molar-refractivity contribution in [3.05, 3.63) is 12.4 Å². The van der Waals surface area contributed by atoms with E-state index in [0.717, 1.165) is 11.6 Å². The monoisotopic (exact) mass is 307 g/mol. The smallest absolute Gasteiger partial charge is 0.230 e. The van der Waals surface area contributed by atoms with Gasteiger partial charge in [-0.25, -0.2) is 4.98 Å². The van der Waals surface area contributed by atoms with E-state index in [1.165, 1.54) is 25.7 Å². The fourth-order valence-corrected chi connectivity index (χ4v) is 4.04. The summed E-state index contributed by atoms with van der Waals surface area (Å²) in [6, 6.07) is 0.974. The van der Waals surface area contributed by atoms with Crippen molar-refractivity contribution in [3.8, 4) is 0 Å². The lowest BCUT2D eigenvalue weighted by atomic mass is 9.78. The van der Waals surface area contributed by atoms with Crippen LogP contribution in [0.1, 0.15) is 52.0 Å². The van der Waals surface area contributed by atoms with Gasteiger partial charge in [-0.15, -0.1) is 0 Å². The van der Waals surface area contributed by atoms with Gasteiger partial charge in [0.05, 0.1) is 5.75 Å². The number of rotatable bonds is 5. The highest BCUT2D eigenvalue weighted by Crippen LogP contribution is 2.37. The molecule has 0 aliphatic heterocycles. The second-order valence-corrected chi connectivity index (χ2v) is 7.52. The molecule has 1 aromatic rings. The van der Waals surface area contributed by atoms with Crippen molar-refractivity contribution < 1.29 is 4.79 Å². The topological polar surface area (TPSA) is 46.9 Å². The highest BCUT2D eigenvalue weighted by molar-refractivity contribution is 7.99. The van der Waals surface area contributed by atoms with Crippen molar-refractivity contribution in [1.82, 2.24) is 14.9 Å². The molecule has 2 saturated carbocycles. The lowest BCUT2D eigenvalue weighted by molar-refractivity contribution is -0.120. The molecule has 2 aliphatic carbocycles. The summed E-state index contributed by atoms with van der Waals surface area (Å²) >= 11 is 1.56. The molecule has 2 fully saturated rings. The van der Waals surface area contributed by atoms with Gasteiger partial charge in [-0.2, -0.15) is 0 Å². The van der Waals surface area contributed by atoms with Gasteiger partial charge in [-0.3, -0.25) is 4.79 Å². The summed E-state index contributed by atoms with van der Waals surface area (Å²) in [6.45, 7) is 4.56. The van der Waals surface area contributed by atoms with Crippen LogP contribution in [0.2, 0.25) is 0 Å². The van der Waals surface area contributed by atoms with Crippen molar-refractivity contribution in [2.75, 3.05) is 5.75 Å². The number of amides is 1. The van der Waals surface area contributed by atoms with E-state index < -0.39 is 0 Å². The molecule has 1 amide bonds. The maximum absolute atomic E-state index is 12.2. The highest BCUT2D eigenvalue weighted by Gasteiger charge is 2.29. The zero-order valence-electron chi connectivity index (χ0n) is 12.9. The lowest BCUT2D eigenvalue weighted by Gasteiger charge is -2.34. The van der Waals surface area contributed by atoms with E-state index >= 15 is 0 Å². The molecule has 3 rings (SSSR count). The van der Waals surface area contributed by atoms with Crippen LogP contribution in [0.3, 0.4) is 0 Å². The van der Waals surface area contributed by atoms with Gasteiger partial charge >= 0.3 is 0 Å². The second-order valence-electron chi connectivity index (χ2n) is 6.58. The first-order valence-corrected chi connectivity index (χ1v) is 9.08. The summed E-state index contributed by atoms with van der Waals surface area (Å²) in [5, 5.41) is 4.21. The van der Waals surface area contributed by atoms with Crippen molar-refractivity contribution >= 4 is 17.7 Å². The Bertz CT molecular complexity index is 497. The zero-order valence-corrected chi connectivity index (χ0v) is 13.7. The van der Waals surface area contributed by atoms with E-state index in [2.05, 4.69) is 28.7 Å². The number of thioether (sulfide) groups is 1. The van der Waals surface area contributed by atoms with Crippen molar-refractivity contribution in [2.45, 2.75) is 63.2 Å². The fourth-order valence-electron chi connectivity index (χ4n) is 3.21. The maximum atomic E-state index is 12.2. The molecule has 0 spiro atoms. The summed E-state index contributed by atoms with van der Waals surface area (Å²) in [5.74, 6) is 1.92. The first-order chi connectivity index (χ1) is 10.1. The minimum Gasteiger partial charge on any atom is -0.352 e. The third kappa shape index (κ3) is 3.62. The molecule has 1 N–H and O–H groups in total. The Kier molecular flexibility index (Phi) is 4.57. The normalized spacial score (nSPS) is 29.3. The molecule has 3 atom stereocenters. The second kappa shape index (κ2) is 6.42. The number of carbonyl (C=O) groups excluding carboxylic acids is 1. The maximum Gasteiger partial charge on any atom is 0.230 e. The van der Waals surface area contributed by atoms with Gasteiger partial charge < -0.3 is 9.88 Å². The third-order valence-electron chi connectivity index (χ3n) is 4.96. The van der Waals surface area contributed by atoms with Crippen LogP contribution in [-0.2, 0) is 4.79 Å². The Hall–Kier alpha value is -0.970. The number of hydrogen-bond acceptors (Lipinski definition) is 3. The van der Waals surface area contributed by atoms with Gasteiger partial charge in [0.15, 0.2) is 5.16 Å². The van der Waals surface area contributed by atoms with Crippen LogP contribution in [0.4, 0.5) is 0 Å². The Morgan fingerprint density at radius 1 is 1.38 bits per heavy atom. The minimum absolute atomic E-state index is 0.149. The molecular weight excluding hydrogens is 282 g/mol. The average molecular weight is 307 g/mol. The number of carbonyl (C=O) groups is 1. The molecule has 5 heteroatoms. The van der Waals surface area contributed by atoms with Gasteiger partial charge in [0.2, 0.25) is 5.91 Å². The predicted octanol–water partition coefficient (Wildman–Crippen LogP) is 3.25. The van der Waals surface area contributed by atoms with Crippen LogP contribution in [0, 0.1) is 11.8 Å². The lowest BCUT2D eigenvalue weighted by Crippen LogP contribution is -2.44. The van der Waals surface area contributed by atoms with E-state index in [0.29, 0.717) is 29.7 Å². The molecule has 0 aromatic carbocycles. The molecular formula is C16H25N3OS. The Morgan fingerprint density at radius 3 is 2.95 bits per heavy atom. The fraction of sp³-hybridized carbons (Fsp3) is 0.750. The largest absolute Gasteiger partial charge is 0.352 e. The highest BCUT2D eigenvalue weighted by atomic mass is 32.2. The molecule has 2 aliphatic rings. The molecule has 0 saturated heterocycles. The van der Waals surface area contributed by atoms with E-state index in [1.54, 1.807) is 11.8 Å². The first-order valence-electron chi connectivity index (χ1n) is 8.10. The van der Waals surface area contributed by atoms with E-state index in [9.17, 15) is 4.79 Å². The number of nitrogens with one attached hydrogen (secondary N) is 1. The molecule has 21 heavy (non-hydrogen) atoms. The standard InChI is InChI=1S/C16H25N3OS/c1-11-4-3-5-14(12(11)2)18-15(20)10-21-16-17-8-9-19(16)13-6-7-13/h8-9,11-14H,3-7,10H2,1-2H3,(H,18,20)/t11-,12+,14+/m1/s1. The summed E-state index contributed by atoms with van der Waals surface area (Å²) in [5.41, 5.74) is 0. The number of aromatic nitrogens is 2. The van der Waals surface area contributed by atoms with Crippen molar-refractivity contribution in [2.24, 2.45) is 11.8 Å². The van der Waals surface area contributed by atoms with E-state index in [-0.39, 0.29) is 5.91 Å². The summed E-state index contributed by atoms with van der Waals surface area (Å²) < 4.78 is 2.21. The summed E-state index contributed by atoms with van der Waals surface area (Å²) in [4.78, 5) is 16.6. The van der Waals surface area contributed by atoms with Crippen LogP contribution in [-0.4, -0.2) is 27.3 Å². The molecule has 0 unspecified atom stereocenters. The number of nitrogens with zero attached hydrogens (tertiary/aromatic N) is 2. The minimum atomic E-state index is 0.149. The molecule has 116 valence electrons. The van der Waals surface area contributed by atoms with Crippen molar-refractivity contribution in [1.29, 1.82) is 0 Å². The number of imidazole rings is 1. The average Bonchev–Trinajstić information content (AvgIpc) is 3.20. The third-order valence-corrected chi connectivity index (χ3v) is 5.94. The Morgan fingerprint density at radius 2 is 2.19 bits per heavy atom. The van der Waals surface area contributed by atoms with Crippen LogP contribution in [0.5, 0.6) is 0 Å². The molecule has 0 bridgehead atoms. The quantitative estimate of drug-likeness (QED) is 0.849.